The highest BCUT2D eigenvalue weighted by molar-refractivity contribution is 5.32. The Balaban J connectivity index is 0.960. The van der Waals surface area contributed by atoms with Crippen molar-refractivity contribution in [2.75, 3.05) is 92.1 Å². The number of hydroxylamine groups is 8. The topological polar surface area (TPSA) is 211 Å². The first-order chi connectivity index (χ1) is 54.5. The zero-order chi connectivity index (χ0) is 85.2. The lowest BCUT2D eigenvalue weighted by Crippen LogP contribution is -2.62. The number of benzene rings is 4. The summed E-state index contributed by atoms with van der Waals surface area (Å²) in [6.45, 7) is 56.3. The molecule has 4 N–H and O–H groups in total. The number of nitrogens with zero attached hydrogens (tertiary/aromatic N) is 6. The van der Waals surface area contributed by atoms with Gasteiger partial charge in [-0.05, 0) is 286 Å². The highest BCUT2D eigenvalue weighted by atomic mass is 16.7. The molecule has 4 aliphatic rings. The second-order valence-corrected chi connectivity index (χ2v) is 38.9. The maximum absolute atomic E-state index is 12.0. The van der Waals surface area contributed by atoms with Crippen LogP contribution in [0.25, 0.3) is 0 Å². The van der Waals surface area contributed by atoms with Crippen LogP contribution >= 0.6 is 0 Å². The summed E-state index contributed by atoms with van der Waals surface area (Å²) < 4.78 is 50.4. The lowest BCUT2D eigenvalue weighted by Gasteiger charge is -2.54. The fraction of sp³-hybridized carbons (Fsp3) is 0.745. The van der Waals surface area contributed by atoms with E-state index in [1.165, 1.54) is 0 Å². The Kier molecular flexibility index (Phi) is 35.8. The summed E-state index contributed by atoms with van der Waals surface area (Å²) in [4.78, 5) is 31.2. The molecule has 22 nitrogen and oxygen atoms in total. The summed E-state index contributed by atoms with van der Waals surface area (Å²) >= 11 is 0. The minimum Gasteiger partial charge on any atom is -0.491 e. The van der Waals surface area contributed by atoms with Gasteiger partial charge in [-0.1, -0.05) is 76.2 Å². The lowest BCUT2D eigenvalue weighted by atomic mass is 9.80. The van der Waals surface area contributed by atoms with E-state index in [-0.39, 0.29) is 146 Å². The van der Waals surface area contributed by atoms with E-state index in [9.17, 15) is 20.4 Å². The summed E-state index contributed by atoms with van der Waals surface area (Å²) in [6, 6.07) is 31.3. The molecule has 0 amide bonds. The number of ether oxygens (including phenoxy) is 8. The van der Waals surface area contributed by atoms with Gasteiger partial charge >= 0.3 is 0 Å². The van der Waals surface area contributed by atoms with Gasteiger partial charge in [0.15, 0.2) is 0 Å². The van der Waals surface area contributed by atoms with Crippen LogP contribution in [0.4, 0.5) is 0 Å². The highest BCUT2D eigenvalue weighted by Crippen LogP contribution is 2.47. The second-order valence-electron chi connectivity index (χ2n) is 38.9. The van der Waals surface area contributed by atoms with E-state index in [2.05, 4.69) is 186 Å². The average Bonchev–Trinajstić information content (AvgIpc) is 0.783. The predicted molar refractivity (Wildman–Crippen MR) is 460 cm³/mol. The van der Waals surface area contributed by atoms with Crippen molar-refractivity contribution in [3.8, 4) is 23.0 Å². The van der Waals surface area contributed by atoms with Crippen molar-refractivity contribution in [1.82, 2.24) is 30.1 Å². The molecule has 0 spiro atoms. The molecular formula is C94H156N6O16. The van der Waals surface area contributed by atoms with Gasteiger partial charge in [0.25, 0.3) is 0 Å². The van der Waals surface area contributed by atoms with E-state index in [4.69, 9.17) is 57.2 Å². The maximum Gasteiger partial charge on any atom is 0.119 e. The van der Waals surface area contributed by atoms with Crippen molar-refractivity contribution in [3.63, 3.8) is 0 Å². The van der Waals surface area contributed by atoms with Crippen LogP contribution in [0.2, 0.25) is 0 Å². The maximum atomic E-state index is 12.0. The number of rotatable bonds is 47. The van der Waals surface area contributed by atoms with Crippen LogP contribution in [-0.2, 0) is 38.3 Å². The monoisotopic (exact) mass is 1630 g/mol. The molecule has 0 aromatic heterocycles. The molecular weight excluding hydrogens is 1470 g/mol. The molecule has 658 valence electrons. The van der Waals surface area contributed by atoms with E-state index in [0.717, 1.165) is 126 Å². The highest BCUT2D eigenvalue weighted by Gasteiger charge is 2.52. The van der Waals surface area contributed by atoms with Crippen molar-refractivity contribution in [3.05, 3.63) is 119 Å². The summed E-state index contributed by atoms with van der Waals surface area (Å²) in [5, 5.41) is 56.6. The van der Waals surface area contributed by atoms with E-state index < -0.39 is 24.4 Å². The van der Waals surface area contributed by atoms with Gasteiger partial charge in [-0.3, -0.25) is 29.2 Å². The lowest BCUT2D eigenvalue weighted by molar-refractivity contribution is -0.315. The first kappa shape index (κ1) is 96.8. The third-order valence-corrected chi connectivity index (χ3v) is 23.3. The number of piperidine rings is 4. The predicted octanol–water partition coefficient (Wildman–Crippen LogP) is 17.1. The van der Waals surface area contributed by atoms with Crippen LogP contribution in [0.15, 0.2) is 97.1 Å². The molecule has 8 atom stereocenters. The third kappa shape index (κ3) is 28.5. The molecule has 0 bridgehead atoms. The molecule has 0 radical (unpaired) electrons. The van der Waals surface area contributed by atoms with Gasteiger partial charge in [0.1, 0.15) is 98.3 Å². The van der Waals surface area contributed by atoms with Crippen molar-refractivity contribution < 1.29 is 77.7 Å². The van der Waals surface area contributed by atoms with Crippen LogP contribution < -0.4 is 18.9 Å². The summed E-state index contributed by atoms with van der Waals surface area (Å²) in [5.74, 6) is 2.35. The first-order valence-electron chi connectivity index (χ1n) is 43.9. The number of aliphatic hydroxyl groups excluding tert-OH is 4. The Labute approximate surface area is 699 Å². The minimum atomic E-state index is -0.996. The van der Waals surface area contributed by atoms with Crippen LogP contribution in [0, 0.1) is 0 Å². The van der Waals surface area contributed by atoms with Gasteiger partial charge in [0.05, 0.1) is 24.4 Å². The van der Waals surface area contributed by atoms with Gasteiger partial charge in [0, 0.05) is 110 Å². The smallest absolute Gasteiger partial charge is 0.119 e. The number of hydrogen-bond acceptors (Lipinski definition) is 22. The van der Waals surface area contributed by atoms with Crippen molar-refractivity contribution in [2.24, 2.45) is 0 Å². The normalized spacial score (nSPS) is 22.2. The zero-order valence-corrected chi connectivity index (χ0v) is 75.9. The van der Waals surface area contributed by atoms with E-state index in [1.807, 2.05) is 107 Å². The van der Waals surface area contributed by atoms with Crippen LogP contribution in [0.1, 0.15) is 290 Å². The largest absolute Gasteiger partial charge is 0.491 e. The van der Waals surface area contributed by atoms with Crippen LogP contribution in [-0.4, -0.2) is 236 Å². The number of hydrogen-bond donors (Lipinski definition) is 4. The fourth-order valence-corrected chi connectivity index (χ4v) is 18.6. The van der Waals surface area contributed by atoms with E-state index >= 15 is 0 Å². The van der Waals surface area contributed by atoms with Gasteiger partial charge in [-0.15, -0.1) is 0 Å². The Morgan fingerprint density at radius 3 is 0.612 bits per heavy atom. The molecule has 0 aliphatic carbocycles. The Bertz CT molecular complexity index is 2970. The van der Waals surface area contributed by atoms with Gasteiger partial charge < -0.3 is 58.3 Å². The Hall–Kier alpha value is -4.64. The van der Waals surface area contributed by atoms with Gasteiger partial charge in [0.2, 0.25) is 0 Å². The van der Waals surface area contributed by atoms with Crippen LogP contribution in [0.5, 0.6) is 23.0 Å². The number of aliphatic hydroxyl groups is 4. The molecule has 8 unspecified atom stereocenters. The Morgan fingerprint density at radius 2 is 0.457 bits per heavy atom. The van der Waals surface area contributed by atoms with Crippen molar-refractivity contribution in [2.45, 2.75) is 361 Å². The molecule has 4 fully saturated rings. The second kappa shape index (κ2) is 42.9. The summed E-state index contributed by atoms with van der Waals surface area (Å²) in [5.41, 5.74) is 1.85. The van der Waals surface area contributed by atoms with Crippen LogP contribution in [0.3, 0.4) is 0 Å². The minimum absolute atomic E-state index is 0.0366. The molecule has 4 heterocycles. The molecule has 4 aromatic rings. The third-order valence-electron chi connectivity index (χ3n) is 23.3. The molecule has 4 aliphatic heterocycles. The molecule has 22 heteroatoms. The average molecular weight is 1630 g/mol. The van der Waals surface area contributed by atoms with Crippen molar-refractivity contribution in [1.29, 1.82) is 0 Å². The molecule has 4 saturated heterocycles. The standard InChI is InChI=1S/C94H156N6O16/c1-25-47-105-83-51-87(9,10)97(88(11,12)52-83)113-67(5)71-29-37-79(38-30-71)109-63-75(101)59-95(60-76(102)64-110-80-39-31-72(32-40-80)68(6)114-98-89(13,14)53-84(106-48-26-2)54-90(98,15)16)45-46-96(61-77(103)65-111-81-41-33-73(34-42-81)69(7)115-99-91(17,18)55-85(107-49-27-3)56-92(99,19)20)62-78(104)66-112-82-43-35-74(36-44-82)70(8)116-100-93(21,22)57-86(108-50-28-4)58-94(100,23)24/h29-44,67-70,75-78,83-86,101-104H,25-28,45-66H2,1-24H3. The molecule has 0 saturated carbocycles. The van der Waals surface area contributed by atoms with E-state index in [1.54, 1.807) is 0 Å². The summed E-state index contributed by atoms with van der Waals surface area (Å²) in [7, 11) is 0. The molecule has 116 heavy (non-hydrogen) atoms. The quantitative estimate of drug-likeness (QED) is 0.0324. The van der Waals surface area contributed by atoms with Crippen molar-refractivity contribution >= 4 is 0 Å². The van der Waals surface area contributed by atoms with Gasteiger partial charge in [-0.25, -0.2) is 0 Å². The molecule has 8 rings (SSSR count). The Morgan fingerprint density at radius 1 is 0.293 bits per heavy atom. The SMILES string of the molecule is CCCOC1CC(C)(C)N(OC(C)c2ccc(OCC(O)CN(CCN(CC(O)COc3ccc(C(C)ON4C(C)(C)CC(OCCC)CC4(C)C)cc3)CC(O)COc3ccc(C(C)ON4C(C)(C)CC(OCCC)CC4(C)C)cc3)CC(O)COc3ccc(C(C)ON4C(C)(C)CC(OCCC)CC4(C)C)cc3)cc2)C(C)(C)C1. The van der Waals surface area contributed by atoms with Gasteiger partial charge in [-0.2, -0.15) is 20.3 Å². The zero-order valence-electron chi connectivity index (χ0n) is 75.9. The fourth-order valence-electron chi connectivity index (χ4n) is 18.6. The first-order valence-corrected chi connectivity index (χ1v) is 43.9. The van der Waals surface area contributed by atoms with E-state index in [0.29, 0.717) is 36.1 Å². The summed E-state index contributed by atoms with van der Waals surface area (Å²) in [6.07, 6.45) is 6.47. The molecule has 4 aromatic carbocycles.